The molecule has 2 N–H and O–H groups in total. The van der Waals surface area contributed by atoms with Gasteiger partial charge in [0.05, 0.1) is 0 Å². The lowest BCUT2D eigenvalue weighted by Gasteiger charge is -2.35. The molecule has 0 rings (SSSR count). The zero-order valence-corrected chi connectivity index (χ0v) is 17.7. The van der Waals surface area contributed by atoms with Crippen molar-refractivity contribution in [2.45, 2.75) is 65.5 Å². The van der Waals surface area contributed by atoms with Crippen molar-refractivity contribution in [2.75, 3.05) is 0 Å². The van der Waals surface area contributed by atoms with E-state index in [2.05, 4.69) is 52.4 Å². The summed E-state index contributed by atoms with van der Waals surface area (Å²) in [5, 5.41) is 0. The number of rotatable bonds is 4. The highest BCUT2D eigenvalue weighted by atomic mass is 28.5. The van der Waals surface area contributed by atoms with Crippen molar-refractivity contribution in [2.24, 2.45) is 0 Å². The molecule has 0 aromatic rings. The molecule has 8 heteroatoms. The lowest BCUT2D eigenvalue weighted by molar-refractivity contribution is 0.382. The van der Waals surface area contributed by atoms with Gasteiger partial charge in [-0.25, -0.2) is 0 Å². The zero-order chi connectivity index (χ0) is 15.4. The second kappa shape index (κ2) is 6.93. The average molecular weight is 329 g/mol. The second-order valence-electron chi connectivity index (χ2n) is 7.32. The average Bonchev–Trinajstić information content (AvgIpc) is 1.64. The molecule has 0 bridgehead atoms. The standard InChI is InChI=1S/C8H24O2Si3.C2H8O2Si/c1-11(2,3)9-13(7,8)10-12(4,5)6;1-5(2,3)4/h1-8H3;3-4H,1-2H3. The quantitative estimate of drug-likeness (QED) is 0.779. The fraction of sp³-hybridized carbons (Fsp3) is 1.00. The molecule has 0 spiro atoms. The maximum atomic E-state index is 8.22. The first-order valence-electron chi connectivity index (χ1n) is 6.26. The van der Waals surface area contributed by atoms with Crippen LogP contribution in [0.4, 0.5) is 0 Å². The SMILES string of the molecule is C[Si](C)(C)O[Si](C)(C)O[Si](C)(C)C.C[Si](C)(O)O. The van der Waals surface area contributed by atoms with Gasteiger partial charge in [0.25, 0.3) is 0 Å². The van der Waals surface area contributed by atoms with Gasteiger partial charge >= 0.3 is 17.1 Å². The van der Waals surface area contributed by atoms with E-state index in [-0.39, 0.29) is 0 Å². The van der Waals surface area contributed by atoms with E-state index in [0.29, 0.717) is 0 Å². The van der Waals surface area contributed by atoms with Crippen LogP contribution in [0.3, 0.4) is 0 Å². The van der Waals surface area contributed by atoms with E-state index in [1.807, 2.05) is 0 Å². The van der Waals surface area contributed by atoms with E-state index < -0.39 is 33.8 Å². The summed E-state index contributed by atoms with van der Waals surface area (Å²) in [5.74, 6) is 0. The van der Waals surface area contributed by atoms with Gasteiger partial charge in [0, 0.05) is 0 Å². The highest BCUT2D eigenvalue weighted by Gasteiger charge is 2.35. The molecule has 0 amide bonds. The molecule has 0 aliphatic rings. The van der Waals surface area contributed by atoms with Crippen molar-refractivity contribution < 1.29 is 17.8 Å². The van der Waals surface area contributed by atoms with Crippen LogP contribution < -0.4 is 0 Å². The molecule has 0 saturated heterocycles. The molecule has 0 unspecified atom stereocenters. The monoisotopic (exact) mass is 328 g/mol. The smallest absolute Gasteiger partial charge is 0.326 e. The highest BCUT2D eigenvalue weighted by molar-refractivity contribution is 6.87. The third-order valence-electron chi connectivity index (χ3n) is 1.10. The van der Waals surface area contributed by atoms with Crippen molar-refractivity contribution >= 4 is 33.8 Å². The van der Waals surface area contributed by atoms with E-state index in [1.165, 1.54) is 13.1 Å². The Morgan fingerprint density at radius 1 is 0.556 bits per heavy atom. The third-order valence-corrected chi connectivity index (χ3v) is 9.94. The summed E-state index contributed by atoms with van der Waals surface area (Å²) >= 11 is 0. The van der Waals surface area contributed by atoms with Crippen molar-refractivity contribution in [1.29, 1.82) is 0 Å². The first-order chi connectivity index (χ1) is 7.41. The topological polar surface area (TPSA) is 58.9 Å². The fourth-order valence-electron chi connectivity index (χ4n) is 1.50. The normalized spacial score (nSPS) is 14.0. The molecule has 0 radical (unpaired) electrons. The predicted octanol–water partition coefficient (Wildman–Crippen LogP) is 3.06. The van der Waals surface area contributed by atoms with Crippen LogP contribution in [0.5, 0.6) is 0 Å². The van der Waals surface area contributed by atoms with Crippen LogP contribution in [0.1, 0.15) is 0 Å². The fourth-order valence-corrected chi connectivity index (χ4v) is 13.8. The predicted molar refractivity (Wildman–Crippen MR) is 88.3 cm³/mol. The van der Waals surface area contributed by atoms with E-state index in [4.69, 9.17) is 17.8 Å². The summed E-state index contributed by atoms with van der Waals surface area (Å²) in [6, 6.07) is 0. The molecule has 112 valence electrons. The van der Waals surface area contributed by atoms with Crippen molar-refractivity contribution in [3.8, 4) is 0 Å². The minimum atomic E-state index is -2.61. The van der Waals surface area contributed by atoms with Crippen LogP contribution in [-0.4, -0.2) is 43.3 Å². The minimum Gasteiger partial charge on any atom is -0.437 e. The molecule has 0 heterocycles. The van der Waals surface area contributed by atoms with Crippen molar-refractivity contribution in [3.05, 3.63) is 0 Å². The summed E-state index contributed by atoms with van der Waals surface area (Å²) in [5.41, 5.74) is 0. The Hall–Kier alpha value is 0.708. The molecule has 0 aliphatic carbocycles. The minimum absolute atomic E-state index is 1.43. The summed E-state index contributed by atoms with van der Waals surface area (Å²) in [7, 11) is -7.33. The molecule has 4 nitrogen and oxygen atoms in total. The Bertz CT molecular complexity index is 214. The van der Waals surface area contributed by atoms with Gasteiger partial charge in [-0.15, -0.1) is 0 Å². The van der Waals surface area contributed by atoms with Crippen LogP contribution in [-0.2, 0) is 8.23 Å². The molecule has 0 fully saturated rings. The van der Waals surface area contributed by atoms with Crippen molar-refractivity contribution in [3.63, 3.8) is 0 Å². The molecule has 0 aromatic heterocycles. The van der Waals surface area contributed by atoms with Crippen LogP contribution in [0.25, 0.3) is 0 Å². The Labute approximate surface area is 117 Å². The van der Waals surface area contributed by atoms with Gasteiger partial charge in [-0.2, -0.15) is 0 Å². The number of hydrogen-bond acceptors (Lipinski definition) is 4. The van der Waals surface area contributed by atoms with Gasteiger partial charge in [0.1, 0.15) is 0 Å². The lowest BCUT2D eigenvalue weighted by Crippen LogP contribution is -2.50. The molecular weight excluding hydrogens is 296 g/mol. The van der Waals surface area contributed by atoms with Crippen LogP contribution in [0.2, 0.25) is 65.5 Å². The van der Waals surface area contributed by atoms with E-state index in [9.17, 15) is 0 Å². The molecule has 0 saturated carbocycles. The Morgan fingerprint density at radius 2 is 0.722 bits per heavy atom. The zero-order valence-electron chi connectivity index (χ0n) is 13.7. The summed E-state index contributed by atoms with van der Waals surface area (Å²) in [4.78, 5) is 16.4. The van der Waals surface area contributed by atoms with E-state index >= 15 is 0 Å². The van der Waals surface area contributed by atoms with E-state index in [1.54, 1.807) is 0 Å². The van der Waals surface area contributed by atoms with Crippen molar-refractivity contribution in [1.82, 2.24) is 0 Å². The third kappa shape index (κ3) is 25.5. The van der Waals surface area contributed by atoms with Gasteiger partial charge in [-0.3, -0.25) is 0 Å². The first kappa shape index (κ1) is 21.0. The molecule has 0 aliphatic heterocycles. The Morgan fingerprint density at radius 3 is 0.833 bits per heavy atom. The second-order valence-corrected chi connectivity index (χ2v) is 23.2. The van der Waals surface area contributed by atoms with Gasteiger partial charge in [0.2, 0.25) is 0 Å². The number of hydrogen-bond donors (Lipinski definition) is 2. The summed E-state index contributed by atoms with van der Waals surface area (Å²) < 4.78 is 12.2. The van der Waals surface area contributed by atoms with Gasteiger partial charge in [0.15, 0.2) is 16.6 Å². The van der Waals surface area contributed by atoms with Gasteiger partial charge in [-0.05, 0) is 65.5 Å². The van der Waals surface area contributed by atoms with Gasteiger partial charge in [-0.1, -0.05) is 0 Å². The Kier molecular flexibility index (Phi) is 8.09. The van der Waals surface area contributed by atoms with Gasteiger partial charge < -0.3 is 17.8 Å². The van der Waals surface area contributed by atoms with Crippen LogP contribution in [0, 0.1) is 0 Å². The molecular formula is C10H32O4Si4. The highest BCUT2D eigenvalue weighted by Crippen LogP contribution is 2.19. The molecule has 18 heavy (non-hydrogen) atoms. The van der Waals surface area contributed by atoms with Crippen LogP contribution >= 0.6 is 0 Å². The largest absolute Gasteiger partial charge is 0.437 e. The lowest BCUT2D eigenvalue weighted by atomic mass is 11.8. The molecule has 0 aromatic carbocycles. The molecule has 0 atom stereocenters. The maximum absolute atomic E-state index is 8.22. The van der Waals surface area contributed by atoms with Crippen LogP contribution in [0.15, 0.2) is 0 Å². The van der Waals surface area contributed by atoms with E-state index in [0.717, 1.165) is 0 Å². The first-order valence-corrected chi connectivity index (χ1v) is 18.8. The maximum Gasteiger partial charge on any atom is 0.326 e. The Balaban J connectivity index is 0. The summed E-state index contributed by atoms with van der Waals surface area (Å²) in [6.07, 6.45) is 0. The summed E-state index contributed by atoms with van der Waals surface area (Å²) in [6.45, 7) is 20.5.